The average Bonchev–Trinajstić information content (AvgIpc) is 3.88. The lowest BCUT2D eigenvalue weighted by Crippen LogP contribution is -2.23. The Balaban J connectivity index is 0.805. The Labute approximate surface area is 342 Å². The molecular weight excluding hydrogens is 777 g/mol. The molecular formula is C40H42N12O4S2. The third-order valence-corrected chi connectivity index (χ3v) is 11.8. The number of nitrogens with zero attached hydrogens (tertiary/aromatic N) is 8. The van der Waals surface area contributed by atoms with Gasteiger partial charge in [0.15, 0.2) is 0 Å². The first-order chi connectivity index (χ1) is 28.2. The molecule has 0 unspecified atom stereocenters. The molecule has 6 heterocycles. The average molecular weight is 819 g/mol. The molecule has 0 aliphatic heterocycles. The maximum atomic E-state index is 13.5. The van der Waals surface area contributed by atoms with Crippen molar-refractivity contribution in [3.05, 3.63) is 118 Å². The second-order valence-corrected chi connectivity index (χ2v) is 16.2. The standard InChI is InChI=1S/C40H42N12O4S2/c1-57-33-18-43-39(44-19-33)49-27-4-2-26(13-27)48-36-9-7-30(17-42-36)52-22-32(54)12-24(38(52)56)23-58-34-20-45-40(46-21-34)50-28-5-3-25(14-28)47-35-8-6-29(16-41-35)51-11-10-31(53)15-37(51)55/h6-12,15-22,25-28,53-54H,2-5,13-14,23H2,1H3,(H,41,47)(H,42,48)(H,43,44,49)(H,45,46,50)/t25-,26-,27-,28-/m0/s1. The van der Waals surface area contributed by atoms with Crippen molar-refractivity contribution in [2.75, 3.05) is 27.5 Å². The fraction of sp³-hybridized carbons (Fsp3) is 0.300. The van der Waals surface area contributed by atoms with Gasteiger partial charge in [-0.05, 0) is 81.2 Å². The van der Waals surface area contributed by atoms with Crippen molar-refractivity contribution in [3.8, 4) is 22.9 Å². The van der Waals surface area contributed by atoms with Crippen molar-refractivity contribution in [2.45, 2.75) is 78.2 Å². The summed E-state index contributed by atoms with van der Waals surface area (Å²) in [7, 11) is 0. The lowest BCUT2D eigenvalue weighted by atomic mass is 10.2. The van der Waals surface area contributed by atoms with Crippen LogP contribution < -0.4 is 32.4 Å². The molecule has 6 aromatic rings. The van der Waals surface area contributed by atoms with Crippen LogP contribution in [0.15, 0.2) is 111 Å². The van der Waals surface area contributed by atoms with Gasteiger partial charge in [-0.2, -0.15) is 0 Å². The number of aromatic nitrogens is 8. The minimum atomic E-state index is -0.334. The number of hydrogen-bond acceptors (Lipinski definition) is 16. The van der Waals surface area contributed by atoms with E-state index in [1.54, 1.807) is 36.5 Å². The van der Waals surface area contributed by atoms with E-state index < -0.39 is 0 Å². The maximum Gasteiger partial charge on any atom is 0.259 e. The van der Waals surface area contributed by atoms with E-state index in [2.05, 4.69) is 51.2 Å². The minimum absolute atomic E-state index is 0.0205. The number of aromatic hydroxyl groups is 2. The third-order valence-electron chi connectivity index (χ3n) is 10.2. The van der Waals surface area contributed by atoms with Gasteiger partial charge in [0.2, 0.25) is 11.9 Å². The van der Waals surface area contributed by atoms with Crippen molar-refractivity contribution in [2.24, 2.45) is 0 Å². The number of pyridine rings is 4. The van der Waals surface area contributed by atoms with Crippen LogP contribution >= 0.6 is 23.5 Å². The molecule has 0 aromatic carbocycles. The quantitative estimate of drug-likeness (QED) is 0.0731. The summed E-state index contributed by atoms with van der Waals surface area (Å²) in [6, 6.07) is 12.3. The normalized spacial score (nSPS) is 18.8. The Morgan fingerprint density at radius 1 is 0.638 bits per heavy atom. The molecule has 58 heavy (non-hydrogen) atoms. The fourth-order valence-corrected chi connectivity index (χ4v) is 8.32. The molecule has 4 atom stereocenters. The summed E-state index contributed by atoms with van der Waals surface area (Å²) in [4.78, 5) is 54.4. The summed E-state index contributed by atoms with van der Waals surface area (Å²) in [5.41, 5.74) is 1.02. The van der Waals surface area contributed by atoms with Crippen LogP contribution in [-0.2, 0) is 5.75 Å². The Morgan fingerprint density at radius 2 is 1.17 bits per heavy atom. The highest BCUT2D eigenvalue weighted by atomic mass is 32.2. The van der Waals surface area contributed by atoms with Gasteiger partial charge >= 0.3 is 0 Å². The van der Waals surface area contributed by atoms with E-state index >= 15 is 0 Å². The van der Waals surface area contributed by atoms with Gasteiger partial charge in [0.1, 0.15) is 23.1 Å². The number of nitrogens with one attached hydrogen (secondary N) is 4. The van der Waals surface area contributed by atoms with Crippen LogP contribution in [0.1, 0.15) is 44.1 Å². The molecule has 2 saturated carbocycles. The SMILES string of the molecule is CSc1cnc(N[C@H]2CC[C@H](Nc3ccc(-n4cc(O)cc(CSc5cnc(N[C@H]6CC[C@H](Nc7ccc(-n8ccc(O)cc8=O)cn7)C6)nc5)c4=O)cn3)C2)nc1. The number of thioether (sulfide) groups is 2. The Kier molecular flexibility index (Phi) is 11.7. The predicted molar refractivity (Wildman–Crippen MR) is 226 cm³/mol. The van der Waals surface area contributed by atoms with Crippen molar-refractivity contribution < 1.29 is 10.2 Å². The van der Waals surface area contributed by atoms with Crippen LogP contribution in [0.4, 0.5) is 23.5 Å². The van der Waals surface area contributed by atoms with Crippen LogP contribution in [-0.4, -0.2) is 79.7 Å². The van der Waals surface area contributed by atoms with E-state index in [1.165, 1.54) is 45.4 Å². The summed E-state index contributed by atoms with van der Waals surface area (Å²) >= 11 is 3.02. The molecule has 18 heteroatoms. The number of hydrogen-bond donors (Lipinski definition) is 6. The predicted octanol–water partition coefficient (Wildman–Crippen LogP) is 5.67. The van der Waals surface area contributed by atoms with Crippen molar-refractivity contribution in [1.82, 2.24) is 39.0 Å². The summed E-state index contributed by atoms with van der Waals surface area (Å²) < 4.78 is 2.84. The lowest BCUT2D eigenvalue weighted by Gasteiger charge is -2.16. The summed E-state index contributed by atoms with van der Waals surface area (Å²) in [6.07, 6.45) is 20.9. The van der Waals surface area contributed by atoms with Gasteiger partial charge < -0.3 is 31.5 Å². The molecule has 2 fully saturated rings. The molecule has 0 amide bonds. The zero-order chi connectivity index (χ0) is 40.0. The molecule has 0 saturated heterocycles. The highest BCUT2D eigenvalue weighted by Gasteiger charge is 2.27. The molecule has 8 rings (SSSR count). The van der Waals surface area contributed by atoms with Gasteiger partial charge in [-0.1, -0.05) is 0 Å². The lowest BCUT2D eigenvalue weighted by molar-refractivity contribution is 0.469. The molecule has 16 nitrogen and oxygen atoms in total. The number of anilines is 4. The zero-order valence-electron chi connectivity index (χ0n) is 31.5. The Hall–Kier alpha value is -6.14. The van der Waals surface area contributed by atoms with E-state index in [0.717, 1.165) is 54.4 Å². The van der Waals surface area contributed by atoms with Crippen LogP contribution in [0, 0.1) is 0 Å². The monoisotopic (exact) mass is 818 g/mol. The molecule has 0 spiro atoms. The first-order valence-corrected chi connectivity index (χ1v) is 21.1. The van der Waals surface area contributed by atoms with Gasteiger partial charge in [0.05, 0.1) is 30.0 Å². The van der Waals surface area contributed by atoms with Gasteiger partial charge in [-0.3, -0.25) is 18.7 Å². The van der Waals surface area contributed by atoms with Crippen molar-refractivity contribution in [3.63, 3.8) is 0 Å². The molecule has 298 valence electrons. The Bertz CT molecular complexity index is 2450. The van der Waals surface area contributed by atoms with E-state index in [9.17, 15) is 19.8 Å². The van der Waals surface area contributed by atoms with Crippen LogP contribution in [0.3, 0.4) is 0 Å². The van der Waals surface area contributed by atoms with Crippen LogP contribution in [0.2, 0.25) is 0 Å². The third kappa shape index (κ3) is 9.51. The minimum Gasteiger partial charge on any atom is -0.508 e. The molecule has 6 N–H and O–H groups in total. The maximum absolute atomic E-state index is 13.5. The van der Waals surface area contributed by atoms with Crippen LogP contribution in [0.5, 0.6) is 11.5 Å². The van der Waals surface area contributed by atoms with Gasteiger partial charge in [0.25, 0.3) is 11.1 Å². The summed E-state index contributed by atoms with van der Waals surface area (Å²) in [5.74, 6) is 2.81. The molecule has 2 aliphatic rings. The van der Waals surface area contributed by atoms with E-state index in [-0.39, 0.29) is 46.8 Å². The van der Waals surface area contributed by atoms with Gasteiger partial charge in [-0.15, -0.1) is 23.5 Å². The molecule has 0 radical (unpaired) electrons. The van der Waals surface area contributed by atoms with Gasteiger partial charge in [0, 0.05) is 82.3 Å². The fourth-order valence-electron chi connectivity index (χ4n) is 7.22. The first kappa shape index (κ1) is 38.7. The number of rotatable bonds is 14. The largest absolute Gasteiger partial charge is 0.508 e. The second-order valence-electron chi connectivity index (χ2n) is 14.3. The van der Waals surface area contributed by atoms with Crippen molar-refractivity contribution >= 4 is 47.1 Å². The summed E-state index contributed by atoms with van der Waals surface area (Å²) in [6.45, 7) is 0. The molecule has 6 aromatic heterocycles. The van der Waals surface area contributed by atoms with Crippen molar-refractivity contribution in [1.29, 1.82) is 0 Å². The van der Waals surface area contributed by atoms with Crippen LogP contribution in [0.25, 0.3) is 11.4 Å². The summed E-state index contributed by atoms with van der Waals surface area (Å²) in [5, 5.41) is 33.9. The smallest absolute Gasteiger partial charge is 0.259 e. The topological polar surface area (TPSA) is 210 Å². The highest BCUT2D eigenvalue weighted by Crippen LogP contribution is 2.28. The highest BCUT2D eigenvalue weighted by molar-refractivity contribution is 7.98. The zero-order valence-corrected chi connectivity index (χ0v) is 33.2. The second kappa shape index (κ2) is 17.6. The Morgan fingerprint density at radius 3 is 1.69 bits per heavy atom. The first-order valence-electron chi connectivity index (χ1n) is 18.9. The molecule has 2 aliphatic carbocycles. The van der Waals surface area contributed by atoms with E-state index in [1.807, 2.05) is 42.9 Å². The van der Waals surface area contributed by atoms with Gasteiger partial charge in [-0.25, -0.2) is 29.9 Å². The molecule has 0 bridgehead atoms. The van der Waals surface area contributed by atoms with E-state index in [0.29, 0.717) is 46.2 Å². The van der Waals surface area contributed by atoms with E-state index in [4.69, 9.17) is 0 Å².